The average Bonchev–Trinajstić information content (AvgIpc) is 2.58. The lowest BCUT2D eigenvalue weighted by Crippen LogP contribution is -2.12. The second-order valence-electron chi connectivity index (χ2n) is 4.80. The van der Waals surface area contributed by atoms with Crippen molar-refractivity contribution in [3.63, 3.8) is 0 Å². The van der Waals surface area contributed by atoms with Gasteiger partial charge in [-0.1, -0.05) is 0 Å². The lowest BCUT2D eigenvalue weighted by molar-refractivity contribution is 0.347. The minimum atomic E-state index is -3.75. The number of primary sulfonamides is 1. The first-order valence-electron chi connectivity index (χ1n) is 6.90. The molecule has 0 fully saturated rings. The fourth-order valence-corrected chi connectivity index (χ4v) is 2.53. The molecule has 0 aliphatic carbocycles. The maximum atomic E-state index is 11.2. The summed E-state index contributed by atoms with van der Waals surface area (Å²) in [4.78, 5) is 3.98. The summed E-state index contributed by atoms with van der Waals surface area (Å²) in [5.41, 5.74) is 0.826. The van der Waals surface area contributed by atoms with Gasteiger partial charge in [0.05, 0.1) is 21.3 Å². The topological polar surface area (TPSA) is 113 Å². The molecule has 3 N–H and O–H groups in total. The first-order valence-corrected chi connectivity index (χ1v) is 8.45. The van der Waals surface area contributed by atoms with E-state index in [0.717, 1.165) is 5.56 Å². The molecule has 0 saturated carbocycles. The summed E-state index contributed by atoms with van der Waals surface area (Å²) in [5.74, 6) is 2.27. The Morgan fingerprint density at radius 2 is 1.67 bits per heavy atom. The summed E-state index contributed by atoms with van der Waals surface area (Å²) in [6.07, 6.45) is 1.20. The van der Waals surface area contributed by atoms with E-state index in [9.17, 15) is 8.42 Å². The summed E-state index contributed by atoms with van der Waals surface area (Å²) >= 11 is 0. The molecule has 130 valence electrons. The third-order valence-corrected chi connectivity index (χ3v) is 4.21. The van der Waals surface area contributed by atoms with Gasteiger partial charge in [-0.25, -0.2) is 18.5 Å². The number of benzene rings is 1. The SMILES string of the molecule is COc1cc(OC)c(OC)cc1CNc1ccc(S(N)(=O)=O)cn1. The largest absolute Gasteiger partial charge is 0.496 e. The van der Waals surface area contributed by atoms with E-state index < -0.39 is 10.0 Å². The predicted octanol–water partition coefficient (Wildman–Crippen LogP) is 1.37. The highest BCUT2D eigenvalue weighted by Gasteiger charge is 2.12. The van der Waals surface area contributed by atoms with Crippen LogP contribution >= 0.6 is 0 Å². The monoisotopic (exact) mass is 353 g/mol. The van der Waals surface area contributed by atoms with E-state index in [-0.39, 0.29) is 4.90 Å². The maximum Gasteiger partial charge on any atom is 0.239 e. The van der Waals surface area contributed by atoms with E-state index in [0.29, 0.717) is 29.6 Å². The Hall–Kier alpha value is -2.52. The van der Waals surface area contributed by atoms with Crippen LogP contribution in [-0.4, -0.2) is 34.7 Å². The van der Waals surface area contributed by atoms with E-state index in [4.69, 9.17) is 19.3 Å². The molecule has 9 heteroatoms. The number of hydrogen-bond donors (Lipinski definition) is 2. The zero-order valence-corrected chi connectivity index (χ0v) is 14.4. The Kier molecular flexibility index (Phi) is 5.47. The number of anilines is 1. The van der Waals surface area contributed by atoms with Gasteiger partial charge in [-0.3, -0.25) is 0 Å². The van der Waals surface area contributed by atoms with Crippen molar-refractivity contribution in [2.24, 2.45) is 5.14 Å². The molecule has 0 aliphatic rings. The molecule has 0 unspecified atom stereocenters. The lowest BCUT2D eigenvalue weighted by atomic mass is 10.1. The van der Waals surface area contributed by atoms with Crippen LogP contribution in [0.5, 0.6) is 17.2 Å². The van der Waals surface area contributed by atoms with Gasteiger partial charge in [-0.15, -0.1) is 0 Å². The third-order valence-electron chi connectivity index (χ3n) is 3.31. The number of nitrogens with one attached hydrogen (secondary N) is 1. The second-order valence-corrected chi connectivity index (χ2v) is 6.36. The van der Waals surface area contributed by atoms with E-state index in [1.807, 2.05) is 0 Å². The molecule has 1 heterocycles. The Morgan fingerprint density at radius 1 is 1.04 bits per heavy atom. The first-order chi connectivity index (χ1) is 11.4. The number of aromatic nitrogens is 1. The van der Waals surface area contributed by atoms with Crippen LogP contribution in [0.1, 0.15) is 5.56 Å². The predicted molar refractivity (Wildman–Crippen MR) is 89.0 cm³/mol. The molecular formula is C15H19N3O5S. The Bertz CT molecular complexity index is 807. The van der Waals surface area contributed by atoms with Crippen LogP contribution < -0.4 is 24.7 Å². The minimum Gasteiger partial charge on any atom is -0.496 e. The van der Waals surface area contributed by atoms with Crippen molar-refractivity contribution in [2.45, 2.75) is 11.4 Å². The van der Waals surface area contributed by atoms with Crippen molar-refractivity contribution in [3.05, 3.63) is 36.0 Å². The molecule has 1 aromatic heterocycles. The zero-order chi connectivity index (χ0) is 17.7. The number of hydrogen-bond acceptors (Lipinski definition) is 7. The fourth-order valence-electron chi connectivity index (χ4n) is 2.07. The highest BCUT2D eigenvalue weighted by atomic mass is 32.2. The molecule has 1 aromatic carbocycles. The molecular weight excluding hydrogens is 334 g/mol. The molecule has 0 aliphatic heterocycles. The highest BCUT2D eigenvalue weighted by molar-refractivity contribution is 7.89. The van der Waals surface area contributed by atoms with Crippen molar-refractivity contribution in [3.8, 4) is 17.2 Å². The summed E-state index contributed by atoms with van der Waals surface area (Å²) < 4.78 is 38.3. The van der Waals surface area contributed by atoms with Crippen LogP contribution in [0.2, 0.25) is 0 Å². The molecule has 0 bridgehead atoms. The fraction of sp³-hybridized carbons (Fsp3) is 0.267. The second kappa shape index (κ2) is 7.37. The van der Waals surface area contributed by atoms with Gasteiger partial charge in [0.1, 0.15) is 16.5 Å². The van der Waals surface area contributed by atoms with E-state index >= 15 is 0 Å². The number of sulfonamides is 1. The van der Waals surface area contributed by atoms with Crippen molar-refractivity contribution < 1.29 is 22.6 Å². The quantitative estimate of drug-likeness (QED) is 0.773. The summed E-state index contributed by atoms with van der Waals surface area (Å²) in [7, 11) is 0.903. The van der Waals surface area contributed by atoms with Crippen LogP contribution in [0.15, 0.2) is 35.4 Å². The van der Waals surface area contributed by atoms with Gasteiger partial charge in [0.25, 0.3) is 0 Å². The molecule has 0 saturated heterocycles. The Labute approximate surface area is 140 Å². The van der Waals surface area contributed by atoms with Gasteiger partial charge < -0.3 is 19.5 Å². The molecule has 0 amide bonds. The summed E-state index contributed by atoms with van der Waals surface area (Å²) in [6.45, 7) is 0.394. The van der Waals surface area contributed by atoms with E-state index in [2.05, 4.69) is 10.3 Å². The maximum absolute atomic E-state index is 11.2. The van der Waals surface area contributed by atoms with Gasteiger partial charge in [-0.2, -0.15) is 0 Å². The molecule has 0 spiro atoms. The van der Waals surface area contributed by atoms with Gasteiger partial charge in [0, 0.05) is 24.4 Å². The van der Waals surface area contributed by atoms with Crippen molar-refractivity contribution in [2.75, 3.05) is 26.6 Å². The number of ether oxygens (including phenoxy) is 3. The van der Waals surface area contributed by atoms with Gasteiger partial charge in [0.2, 0.25) is 10.0 Å². The molecule has 2 aromatic rings. The zero-order valence-electron chi connectivity index (χ0n) is 13.6. The van der Waals surface area contributed by atoms with Crippen LogP contribution in [-0.2, 0) is 16.6 Å². The summed E-state index contributed by atoms with van der Waals surface area (Å²) in [5, 5.41) is 8.12. The smallest absolute Gasteiger partial charge is 0.239 e. The van der Waals surface area contributed by atoms with Crippen molar-refractivity contribution >= 4 is 15.8 Å². The lowest BCUT2D eigenvalue weighted by Gasteiger charge is -2.14. The van der Waals surface area contributed by atoms with Crippen molar-refractivity contribution in [1.29, 1.82) is 0 Å². The number of nitrogens with zero attached hydrogens (tertiary/aromatic N) is 1. The number of rotatable bonds is 7. The Morgan fingerprint density at radius 3 is 2.17 bits per heavy atom. The molecule has 0 radical (unpaired) electrons. The van der Waals surface area contributed by atoms with Crippen molar-refractivity contribution in [1.82, 2.24) is 4.98 Å². The molecule has 8 nitrogen and oxygen atoms in total. The van der Waals surface area contributed by atoms with Crippen LogP contribution in [0.4, 0.5) is 5.82 Å². The average molecular weight is 353 g/mol. The van der Waals surface area contributed by atoms with E-state index in [1.165, 1.54) is 18.3 Å². The molecule has 2 rings (SSSR count). The van der Waals surface area contributed by atoms with Crippen LogP contribution in [0.3, 0.4) is 0 Å². The van der Waals surface area contributed by atoms with Gasteiger partial charge in [-0.05, 0) is 18.2 Å². The first kappa shape index (κ1) is 17.8. The van der Waals surface area contributed by atoms with Crippen LogP contribution in [0, 0.1) is 0 Å². The van der Waals surface area contributed by atoms with E-state index in [1.54, 1.807) is 33.5 Å². The number of pyridine rings is 1. The molecule has 0 atom stereocenters. The third kappa shape index (κ3) is 4.06. The standard InChI is InChI=1S/C15H19N3O5S/c1-21-12-7-14(23-3)13(22-2)6-10(12)8-17-15-5-4-11(9-18-15)24(16,19)20/h4-7,9H,8H2,1-3H3,(H,17,18)(H2,16,19,20). The normalized spacial score (nSPS) is 11.0. The van der Waals surface area contributed by atoms with Gasteiger partial charge in [0.15, 0.2) is 11.5 Å². The number of methoxy groups -OCH3 is 3. The summed E-state index contributed by atoms with van der Waals surface area (Å²) in [6, 6.07) is 6.44. The van der Waals surface area contributed by atoms with Gasteiger partial charge >= 0.3 is 0 Å². The molecule has 24 heavy (non-hydrogen) atoms. The van der Waals surface area contributed by atoms with Crippen LogP contribution in [0.25, 0.3) is 0 Å². The Balaban J connectivity index is 2.19. The highest BCUT2D eigenvalue weighted by Crippen LogP contribution is 2.34. The minimum absolute atomic E-state index is 0.0447. The number of nitrogens with two attached hydrogens (primary N) is 1.